The van der Waals surface area contributed by atoms with Crippen molar-refractivity contribution in [1.29, 1.82) is 0 Å². The number of rotatable bonds is 20. The highest BCUT2D eigenvalue weighted by atomic mass is 31.1. The van der Waals surface area contributed by atoms with Crippen LogP contribution in [-0.2, 0) is 9.05 Å². The number of phenols is 1. The summed E-state index contributed by atoms with van der Waals surface area (Å²) in [5, 5.41) is 14.2. The number of nitrogens with zero attached hydrogens (tertiary/aromatic N) is 1. The lowest BCUT2D eigenvalue weighted by atomic mass is 10.1. The smallest absolute Gasteiger partial charge is 0.260 e. The average molecular weight is 685 g/mol. The molecule has 0 saturated carbocycles. The standard InChI is InChI=1S/C37H54N2O6P2/c1-8-10-23-42-46-44-30-25-32-36(34(26-30)45-47(7)43-24-11-9-2)38-35-31(19-14-20-33(35)40)37(41)39(32)22-21-29(6)18-13-17-28(5)16-12-15-27(3)4/h14-15,17,19-21,25-26,38,40,46-47H,7-13,16,18,22-24H2,1-6H3/b28-17+,29-21+. The Hall–Kier alpha value is -3.02. The summed E-state index contributed by atoms with van der Waals surface area (Å²) < 4.78 is 24.0. The molecule has 1 aliphatic rings. The van der Waals surface area contributed by atoms with Gasteiger partial charge in [0.25, 0.3) is 5.91 Å². The summed E-state index contributed by atoms with van der Waals surface area (Å²) in [6, 6.07) is 8.54. The number of aromatic hydroxyl groups is 1. The number of anilines is 3. The monoisotopic (exact) mass is 684 g/mol. The van der Waals surface area contributed by atoms with Crippen molar-refractivity contribution < 1.29 is 28.0 Å². The van der Waals surface area contributed by atoms with E-state index in [1.54, 1.807) is 29.2 Å². The van der Waals surface area contributed by atoms with Crippen LogP contribution in [0, 0.1) is 0 Å². The molecule has 0 saturated heterocycles. The number of carbonyl (C=O) groups excluding carboxylic acids is 1. The molecule has 10 heteroatoms. The topological polar surface area (TPSA) is 89.5 Å². The van der Waals surface area contributed by atoms with Gasteiger partial charge in [-0.1, -0.05) is 67.7 Å². The van der Waals surface area contributed by atoms with E-state index in [1.165, 1.54) is 16.7 Å². The second kappa shape index (κ2) is 20.4. The van der Waals surface area contributed by atoms with Gasteiger partial charge >= 0.3 is 0 Å². The molecule has 1 aliphatic heterocycles. The Morgan fingerprint density at radius 3 is 2.40 bits per heavy atom. The van der Waals surface area contributed by atoms with Crippen LogP contribution in [0.15, 0.2) is 65.3 Å². The normalized spacial score (nSPS) is 14.0. The van der Waals surface area contributed by atoms with Gasteiger partial charge in [-0.3, -0.25) is 4.79 Å². The highest BCUT2D eigenvalue weighted by molar-refractivity contribution is 7.46. The minimum absolute atomic E-state index is 0.0291. The largest absolute Gasteiger partial charge is 0.506 e. The van der Waals surface area contributed by atoms with Gasteiger partial charge in [-0.25, -0.2) is 0 Å². The zero-order valence-electron chi connectivity index (χ0n) is 29.0. The van der Waals surface area contributed by atoms with Crippen molar-refractivity contribution in [1.82, 2.24) is 0 Å². The molecule has 47 heavy (non-hydrogen) atoms. The van der Waals surface area contributed by atoms with E-state index in [0.717, 1.165) is 51.4 Å². The maximum atomic E-state index is 14.2. The fourth-order valence-electron chi connectivity index (χ4n) is 4.87. The van der Waals surface area contributed by atoms with Crippen molar-refractivity contribution in [2.75, 3.05) is 30.0 Å². The third-order valence-electron chi connectivity index (χ3n) is 7.66. The van der Waals surface area contributed by atoms with Crippen LogP contribution in [0.5, 0.6) is 17.2 Å². The molecule has 258 valence electrons. The van der Waals surface area contributed by atoms with Crippen LogP contribution in [0.1, 0.15) is 103 Å². The SMILES string of the molecule is C=[PH](OCCCC)Oc1cc(OPOCCCC)cc2c1Nc1c(O)cccc1C(=O)N2C/C=C(\C)CC/C=C(\C)CCC=C(C)C. The Kier molecular flexibility index (Phi) is 16.7. The molecular weight excluding hydrogens is 630 g/mol. The summed E-state index contributed by atoms with van der Waals surface area (Å²) in [6.45, 7) is 14.2. The summed E-state index contributed by atoms with van der Waals surface area (Å²) in [5.41, 5.74) is 5.71. The van der Waals surface area contributed by atoms with Gasteiger partial charge in [0.15, 0.2) is 13.7 Å². The second-order valence-corrected chi connectivity index (χ2v) is 14.0. The Morgan fingerprint density at radius 1 is 0.979 bits per heavy atom. The van der Waals surface area contributed by atoms with Crippen molar-refractivity contribution in [3.05, 3.63) is 70.8 Å². The first-order valence-electron chi connectivity index (χ1n) is 16.7. The van der Waals surface area contributed by atoms with Gasteiger partial charge in [-0.2, -0.15) is 0 Å². The molecule has 0 bridgehead atoms. The van der Waals surface area contributed by atoms with Crippen LogP contribution in [0.2, 0.25) is 0 Å². The van der Waals surface area contributed by atoms with E-state index in [4.69, 9.17) is 18.1 Å². The molecule has 1 amide bonds. The number of allylic oxidation sites excluding steroid dienone is 5. The summed E-state index contributed by atoms with van der Waals surface area (Å²) in [5.74, 6) is 0.657. The number of fused-ring (bicyclic) bond motifs is 2. The molecule has 2 N–H and O–H groups in total. The molecule has 1 heterocycles. The maximum absolute atomic E-state index is 14.2. The molecule has 3 rings (SSSR count). The first-order valence-corrected chi connectivity index (χ1v) is 19.0. The first kappa shape index (κ1) is 38.4. The summed E-state index contributed by atoms with van der Waals surface area (Å²) in [6.07, 6.45) is 18.7. The number of para-hydroxylation sites is 1. The van der Waals surface area contributed by atoms with Crippen molar-refractivity contribution in [3.8, 4) is 17.2 Å². The number of amides is 1. The Balaban J connectivity index is 1.96. The van der Waals surface area contributed by atoms with E-state index in [1.807, 2.05) is 6.07 Å². The van der Waals surface area contributed by atoms with Gasteiger partial charge in [0, 0.05) is 18.7 Å². The predicted molar refractivity (Wildman–Crippen MR) is 202 cm³/mol. The molecule has 2 atom stereocenters. The molecule has 8 nitrogen and oxygen atoms in total. The van der Waals surface area contributed by atoms with Gasteiger partial charge in [-0.05, 0) is 84.7 Å². The third kappa shape index (κ3) is 12.5. The molecule has 0 fully saturated rings. The highest BCUT2D eigenvalue weighted by Gasteiger charge is 2.31. The van der Waals surface area contributed by atoms with Crippen LogP contribution in [0.25, 0.3) is 0 Å². The van der Waals surface area contributed by atoms with Crippen molar-refractivity contribution in [2.45, 2.75) is 92.9 Å². The lowest BCUT2D eigenvalue weighted by molar-refractivity contribution is 0.0991. The average Bonchev–Trinajstić information content (AvgIpc) is 3.14. The number of benzene rings is 2. The summed E-state index contributed by atoms with van der Waals surface area (Å²) in [4.78, 5) is 15.9. The molecular formula is C37H54N2O6P2. The third-order valence-corrected chi connectivity index (χ3v) is 9.28. The van der Waals surface area contributed by atoms with E-state index < -0.39 is 8.00 Å². The van der Waals surface area contributed by atoms with Gasteiger partial charge < -0.3 is 33.4 Å². The van der Waals surface area contributed by atoms with E-state index in [9.17, 15) is 9.90 Å². The second-order valence-electron chi connectivity index (χ2n) is 12.1. The Bertz CT molecular complexity index is 1450. The lowest BCUT2D eigenvalue weighted by Gasteiger charge is -2.24. The van der Waals surface area contributed by atoms with Crippen LogP contribution in [0.3, 0.4) is 0 Å². The zero-order valence-corrected chi connectivity index (χ0v) is 31.0. The number of hydrogen-bond donors (Lipinski definition) is 2. The maximum Gasteiger partial charge on any atom is 0.260 e. The number of hydrogen-bond acceptors (Lipinski definition) is 7. The summed E-state index contributed by atoms with van der Waals surface area (Å²) >= 11 is 0. The van der Waals surface area contributed by atoms with E-state index in [2.05, 4.69) is 71.4 Å². The van der Waals surface area contributed by atoms with E-state index in [-0.39, 0.29) is 20.7 Å². The zero-order chi connectivity index (χ0) is 34.2. The minimum atomic E-state index is -1.94. The van der Waals surface area contributed by atoms with E-state index >= 15 is 0 Å². The first-order chi connectivity index (χ1) is 22.6. The van der Waals surface area contributed by atoms with Crippen LogP contribution >= 0.6 is 17.0 Å². The number of nitrogens with one attached hydrogen (secondary N) is 1. The molecule has 0 spiro atoms. The van der Waals surface area contributed by atoms with Gasteiger partial charge in [0.1, 0.15) is 17.2 Å². The number of unbranched alkanes of at least 4 members (excludes halogenated alkanes) is 2. The van der Waals surface area contributed by atoms with Crippen LogP contribution < -0.4 is 19.3 Å². The van der Waals surface area contributed by atoms with Gasteiger partial charge in [0.05, 0.1) is 30.2 Å². The van der Waals surface area contributed by atoms with Gasteiger partial charge in [-0.15, -0.1) is 0 Å². The molecule has 0 aliphatic carbocycles. The predicted octanol–water partition coefficient (Wildman–Crippen LogP) is 10.9. The van der Waals surface area contributed by atoms with Gasteiger partial charge in [0.2, 0.25) is 9.03 Å². The minimum Gasteiger partial charge on any atom is -0.506 e. The van der Waals surface area contributed by atoms with E-state index in [0.29, 0.717) is 53.9 Å². The van der Waals surface area contributed by atoms with Crippen LogP contribution in [0.4, 0.5) is 17.1 Å². The Labute approximate surface area is 284 Å². The molecule has 2 aromatic carbocycles. The Morgan fingerprint density at radius 2 is 1.68 bits per heavy atom. The van der Waals surface area contributed by atoms with Crippen LogP contribution in [-0.4, -0.2) is 37.1 Å². The highest BCUT2D eigenvalue weighted by Crippen LogP contribution is 2.49. The summed E-state index contributed by atoms with van der Waals surface area (Å²) in [7, 11) is -2.15. The van der Waals surface area contributed by atoms with Crippen molar-refractivity contribution in [2.24, 2.45) is 0 Å². The fraction of sp³-hybridized carbons (Fsp3) is 0.459. The lowest BCUT2D eigenvalue weighted by Crippen LogP contribution is -2.30. The quantitative estimate of drug-likeness (QED) is 0.0621. The van der Waals surface area contributed by atoms with Crippen molar-refractivity contribution in [3.63, 3.8) is 0 Å². The number of carbonyl (C=O) groups is 1. The number of phenolic OH excluding ortho intramolecular Hbond substituents is 1. The molecule has 0 aromatic heterocycles. The molecule has 2 aromatic rings. The molecule has 0 radical (unpaired) electrons. The van der Waals surface area contributed by atoms with Crippen molar-refractivity contribution >= 4 is 46.3 Å². The fourth-order valence-corrected chi connectivity index (χ4v) is 6.21. The molecule has 2 unspecified atom stereocenters.